The number of aryl methyl sites for hydroxylation is 1. The first-order valence-corrected chi connectivity index (χ1v) is 5.92. The van der Waals surface area contributed by atoms with Crippen LogP contribution in [0.25, 0.3) is 0 Å². The van der Waals surface area contributed by atoms with Crippen molar-refractivity contribution in [2.24, 2.45) is 5.92 Å². The summed E-state index contributed by atoms with van der Waals surface area (Å²) in [6.07, 6.45) is 0.948. The van der Waals surface area contributed by atoms with Gasteiger partial charge in [-0.3, -0.25) is 0 Å². The number of hydrogen-bond acceptors (Lipinski definition) is 6. The third-order valence-corrected chi connectivity index (χ3v) is 3.33. The Hall–Kier alpha value is -1.14. The highest BCUT2D eigenvalue weighted by molar-refractivity contribution is 7.10. The standard InChI is InChI=1S/C10H14N2O3S/c1-6-8(9(11)16-12-6)10(13)15-5-7-2-3-14-4-7/h7H,2-5,11H2,1H3. The zero-order chi connectivity index (χ0) is 11.5. The Morgan fingerprint density at radius 3 is 3.12 bits per heavy atom. The van der Waals surface area contributed by atoms with Crippen molar-refractivity contribution in [2.45, 2.75) is 13.3 Å². The molecule has 2 rings (SSSR count). The maximum atomic E-state index is 11.7. The molecular formula is C10H14N2O3S. The average Bonchev–Trinajstić information content (AvgIpc) is 2.86. The van der Waals surface area contributed by atoms with Crippen LogP contribution in [0.4, 0.5) is 5.00 Å². The van der Waals surface area contributed by atoms with Crippen molar-refractivity contribution < 1.29 is 14.3 Å². The fourth-order valence-corrected chi connectivity index (χ4v) is 2.26. The Balaban J connectivity index is 1.92. The van der Waals surface area contributed by atoms with Gasteiger partial charge in [0, 0.05) is 12.5 Å². The normalized spacial score (nSPS) is 19.9. The molecule has 0 aromatic carbocycles. The van der Waals surface area contributed by atoms with E-state index in [4.69, 9.17) is 15.2 Å². The number of nitrogens with zero attached hydrogens (tertiary/aromatic N) is 1. The summed E-state index contributed by atoms with van der Waals surface area (Å²) in [6.45, 7) is 3.57. The molecule has 0 aliphatic carbocycles. The number of carbonyl (C=O) groups excluding carboxylic acids is 1. The Bertz CT molecular complexity index is 366. The lowest BCUT2D eigenvalue weighted by molar-refractivity contribution is 0.0429. The number of nitrogens with two attached hydrogens (primary N) is 1. The third kappa shape index (κ3) is 2.33. The molecule has 16 heavy (non-hydrogen) atoms. The van der Waals surface area contributed by atoms with Crippen molar-refractivity contribution in [1.82, 2.24) is 4.37 Å². The molecule has 6 heteroatoms. The van der Waals surface area contributed by atoms with Crippen LogP contribution in [0.5, 0.6) is 0 Å². The second kappa shape index (κ2) is 4.80. The first-order valence-electron chi connectivity index (χ1n) is 5.15. The van der Waals surface area contributed by atoms with Crippen LogP contribution in [0.2, 0.25) is 0 Å². The fraction of sp³-hybridized carbons (Fsp3) is 0.600. The van der Waals surface area contributed by atoms with Gasteiger partial charge in [0.25, 0.3) is 0 Å². The van der Waals surface area contributed by atoms with Gasteiger partial charge in [-0.05, 0) is 24.9 Å². The van der Waals surface area contributed by atoms with Crippen LogP contribution in [0.15, 0.2) is 0 Å². The lowest BCUT2D eigenvalue weighted by Crippen LogP contribution is -2.15. The summed E-state index contributed by atoms with van der Waals surface area (Å²) in [6, 6.07) is 0. The molecule has 1 aromatic heterocycles. The molecule has 1 unspecified atom stereocenters. The van der Waals surface area contributed by atoms with Gasteiger partial charge in [-0.2, -0.15) is 4.37 Å². The summed E-state index contributed by atoms with van der Waals surface area (Å²) in [4.78, 5) is 11.7. The van der Waals surface area contributed by atoms with Crippen molar-refractivity contribution in [1.29, 1.82) is 0 Å². The van der Waals surface area contributed by atoms with E-state index in [1.165, 1.54) is 0 Å². The van der Waals surface area contributed by atoms with Gasteiger partial charge in [0.1, 0.15) is 10.6 Å². The van der Waals surface area contributed by atoms with E-state index < -0.39 is 0 Å². The molecule has 0 amide bonds. The van der Waals surface area contributed by atoms with E-state index in [-0.39, 0.29) is 5.97 Å². The summed E-state index contributed by atoms with van der Waals surface area (Å²) in [5, 5.41) is 0.421. The maximum absolute atomic E-state index is 11.7. The molecule has 1 aliphatic rings. The van der Waals surface area contributed by atoms with Crippen molar-refractivity contribution >= 4 is 22.5 Å². The molecule has 0 bridgehead atoms. The molecule has 2 N–H and O–H groups in total. The van der Waals surface area contributed by atoms with Gasteiger partial charge in [0.05, 0.1) is 18.9 Å². The highest BCUT2D eigenvalue weighted by atomic mass is 32.1. The van der Waals surface area contributed by atoms with Gasteiger partial charge in [-0.15, -0.1) is 0 Å². The molecule has 1 aliphatic heterocycles. The number of rotatable bonds is 3. The van der Waals surface area contributed by atoms with E-state index in [0.29, 0.717) is 35.4 Å². The number of esters is 1. The number of aromatic nitrogens is 1. The average molecular weight is 242 g/mol. The Kier molecular flexibility index (Phi) is 3.40. The van der Waals surface area contributed by atoms with E-state index >= 15 is 0 Å². The Labute approximate surface area is 97.7 Å². The smallest absolute Gasteiger partial charge is 0.343 e. The molecule has 2 heterocycles. The van der Waals surface area contributed by atoms with Gasteiger partial charge in [-0.25, -0.2) is 4.79 Å². The highest BCUT2D eigenvalue weighted by Gasteiger charge is 2.21. The molecule has 0 spiro atoms. The molecule has 88 valence electrons. The van der Waals surface area contributed by atoms with Crippen LogP contribution < -0.4 is 5.73 Å². The molecule has 0 saturated carbocycles. The van der Waals surface area contributed by atoms with E-state index in [0.717, 1.165) is 24.6 Å². The topological polar surface area (TPSA) is 74.4 Å². The summed E-state index contributed by atoms with van der Waals surface area (Å²) in [7, 11) is 0. The number of ether oxygens (including phenoxy) is 2. The van der Waals surface area contributed by atoms with Gasteiger partial charge in [0.15, 0.2) is 0 Å². The van der Waals surface area contributed by atoms with Gasteiger partial charge in [0.2, 0.25) is 0 Å². The minimum atomic E-state index is -0.379. The van der Waals surface area contributed by atoms with E-state index in [2.05, 4.69) is 4.37 Å². The van der Waals surface area contributed by atoms with Crippen molar-refractivity contribution in [2.75, 3.05) is 25.6 Å². The molecule has 1 aromatic rings. The molecule has 1 atom stereocenters. The predicted molar refractivity (Wildman–Crippen MR) is 60.5 cm³/mol. The molecular weight excluding hydrogens is 228 g/mol. The maximum Gasteiger partial charge on any atom is 0.343 e. The first-order chi connectivity index (χ1) is 7.68. The second-order valence-corrected chi connectivity index (χ2v) is 4.64. The lowest BCUT2D eigenvalue weighted by Gasteiger charge is -2.08. The second-order valence-electron chi connectivity index (χ2n) is 3.84. The third-order valence-electron chi connectivity index (χ3n) is 2.57. The number of carbonyl (C=O) groups is 1. The predicted octanol–water partition coefficient (Wildman–Crippen LogP) is 1.23. The monoisotopic (exact) mass is 242 g/mol. The SMILES string of the molecule is Cc1nsc(N)c1C(=O)OCC1CCOC1. The lowest BCUT2D eigenvalue weighted by atomic mass is 10.1. The van der Waals surface area contributed by atoms with Crippen LogP contribution in [0.3, 0.4) is 0 Å². The quantitative estimate of drug-likeness (QED) is 0.807. The zero-order valence-corrected chi connectivity index (χ0v) is 9.88. The van der Waals surface area contributed by atoms with Crippen LogP contribution in [0, 0.1) is 12.8 Å². The molecule has 1 saturated heterocycles. The van der Waals surface area contributed by atoms with E-state index in [9.17, 15) is 4.79 Å². The number of hydrogen-bond donors (Lipinski definition) is 1. The minimum absolute atomic E-state index is 0.317. The van der Waals surface area contributed by atoms with Gasteiger partial charge < -0.3 is 15.2 Å². The van der Waals surface area contributed by atoms with Crippen LogP contribution in [-0.4, -0.2) is 30.2 Å². The minimum Gasteiger partial charge on any atom is -0.462 e. The summed E-state index contributed by atoms with van der Waals surface area (Å²) >= 11 is 1.12. The number of nitrogen functional groups attached to an aromatic ring is 1. The first kappa shape index (κ1) is 11.3. The largest absolute Gasteiger partial charge is 0.462 e. The van der Waals surface area contributed by atoms with E-state index in [1.54, 1.807) is 6.92 Å². The Morgan fingerprint density at radius 2 is 2.56 bits per heavy atom. The van der Waals surface area contributed by atoms with Crippen LogP contribution in [0.1, 0.15) is 22.5 Å². The molecule has 5 nitrogen and oxygen atoms in total. The summed E-state index contributed by atoms with van der Waals surface area (Å²) in [5.74, 6) is -0.0623. The van der Waals surface area contributed by atoms with Crippen LogP contribution >= 0.6 is 11.5 Å². The van der Waals surface area contributed by atoms with Gasteiger partial charge >= 0.3 is 5.97 Å². The van der Waals surface area contributed by atoms with Crippen molar-refractivity contribution in [3.63, 3.8) is 0 Å². The van der Waals surface area contributed by atoms with Gasteiger partial charge in [-0.1, -0.05) is 0 Å². The molecule has 0 radical (unpaired) electrons. The zero-order valence-electron chi connectivity index (χ0n) is 9.06. The van der Waals surface area contributed by atoms with Crippen molar-refractivity contribution in [3.05, 3.63) is 11.3 Å². The Morgan fingerprint density at radius 1 is 1.75 bits per heavy atom. The summed E-state index contributed by atoms with van der Waals surface area (Å²) < 4.78 is 14.4. The molecule has 1 fully saturated rings. The van der Waals surface area contributed by atoms with Crippen LogP contribution in [-0.2, 0) is 9.47 Å². The summed E-state index contributed by atoms with van der Waals surface area (Å²) in [5.41, 5.74) is 6.70. The highest BCUT2D eigenvalue weighted by Crippen LogP contribution is 2.22. The van der Waals surface area contributed by atoms with Crippen molar-refractivity contribution in [3.8, 4) is 0 Å². The van der Waals surface area contributed by atoms with E-state index in [1.807, 2.05) is 0 Å². The number of anilines is 1. The fourth-order valence-electron chi connectivity index (χ4n) is 1.62.